The summed E-state index contributed by atoms with van der Waals surface area (Å²) in [7, 11) is 1.73. The fourth-order valence-corrected chi connectivity index (χ4v) is 2.52. The normalized spacial score (nSPS) is 13.8. The van der Waals surface area contributed by atoms with Crippen molar-refractivity contribution < 1.29 is 14.3 Å². The van der Waals surface area contributed by atoms with Gasteiger partial charge in [0.25, 0.3) is 0 Å². The molecule has 0 bridgehead atoms. The monoisotopic (exact) mass is 310 g/mol. The Morgan fingerprint density at radius 1 is 1.22 bits per heavy atom. The van der Waals surface area contributed by atoms with Crippen LogP contribution in [-0.2, 0) is 16.0 Å². The molecule has 0 radical (unpaired) electrons. The van der Waals surface area contributed by atoms with Crippen molar-refractivity contribution in [2.24, 2.45) is 0 Å². The van der Waals surface area contributed by atoms with Crippen molar-refractivity contribution in [1.29, 1.82) is 0 Å². The van der Waals surface area contributed by atoms with Crippen LogP contribution in [0, 0.1) is 0 Å². The first-order chi connectivity index (χ1) is 11.1. The second-order valence-corrected chi connectivity index (χ2v) is 5.44. The van der Waals surface area contributed by atoms with Crippen LogP contribution in [0.3, 0.4) is 0 Å². The van der Waals surface area contributed by atoms with E-state index in [1.807, 2.05) is 48.5 Å². The van der Waals surface area contributed by atoms with E-state index >= 15 is 0 Å². The maximum absolute atomic E-state index is 12.1. The largest absolute Gasteiger partial charge is 0.491 e. The zero-order chi connectivity index (χ0) is 16.2. The van der Waals surface area contributed by atoms with Gasteiger partial charge in [-0.1, -0.05) is 24.3 Å². The molecule has 1 aliphatic rings. The van der Waals surface area contributed by atoms with Crippen molar-refractivity contribution >= 4 is 23.2 Å². The van der Waals surface area contributed by atoms with Gasteiger partial charge in [-0.15, -0.1) is 0 Å². The number of anilines is 2. The summed E-state index contributed by atoms with van der Waals surface area (Å²) < 4.78 is 5.58. The first kappa shape index (κ1) is 15.1. The maximum Gasteiger partial charge on any atom is 0.230 e. The second-order valence-electron chi connectivity index (χ2n) is 5.44. The van der Waals surface area contributed by atoms with Crippen LogP contribution in [0.15, 0.2) is 48.5 Å². The van der Waals surface area contributed by atoms with E-state index in [0.29, 0.717) is 24.5 Å². The lowest BCUT2D eigenvalue weighted by atomic mass is 10.1. The third-order valence-electron chi connectivity index (χ3n) is 3.75. The Balaban J connectivity index is 1.75. The topological polar surface area (TPSA) is 58.6 Å². The number of benzene rings is 2. The number of para-hydroxylation sites is 1. The predicted octanol–water partition coefficient (Wildman–Crippen LogP) is 2.61. The Kier molecular flexibility index (Phi) is 4.28. The SMILES string of the molecule is CN1C(=O)CCOc2ccc(CC(=O)Nc3ccccc3)cc21. The van der Waals surface area contributed by atoms with Crippen LogP contribution in [0.5, 0.6) is 5.75 Å². The molecule has 1 heterocycles. The van der Waals surface area contributed by atoms with Crippen molar-refractivity contribution in [2.75, 3.05) is 23.9 Å². The minimum Gasteiger partial charge on any atom is -0.491 e. The molecular weight excluding hydrogens is 292 g/mol. The summed E-state index contributed by atoms with van der Waals surface area (Å²) in [5, 5.41) is 2.85. The third-order valence-corrected chi connectivity index (χ3v) is 3.75. The second kappa shape index (κ2) is 6.52. The van der Waals surface area contributed by atoms with Gasteiger partial charge in [-0.25, -0.2) is 0 Å². The molecule has 0 spiro atoms. The van der Waals surface area contributed by atoms with E-state index in [4.69, 9.17) is 4.74 Å². The molecule has 2 aromatic rings. The molecule has 3 rings (SSSR count). The number of hydrogen-bond donors (Lipinski definition) is 1. The Morgan fingerprint density at radius 3 is 2.78 bits per heavy atom. The minimum atomic E-state index is -0.0975. The highest BCUT2D eigenvalue weighted by Gasteiger charge is 2.20. The fourth-order valence-electron chi connectivity index (χ4n) is 2.52. The zero-order valence-electron chi connectivity index (χ0n) is 12.9. The molecule has 0 saturated heterocycles. The highest BCUT2D eigenvalue weighted by Crippen LogP contribution is 2.31. The Morgan fingerprint density at radius 2 is 2.00 bits per heavy atom. The zero-order valence-corrected chi connectivity index (χ0v) is 12.9. The van der Waals surface area contributed by atoms with Crippen molar-refractivity contribution in [3.8, 4) is 5.75 Å². The van der Waals surface area contributed by atoms with Gasteiger partial charge in [0, 0.05) is 12.7 Å². The molecule has 2 amide bonds. The molecule has 1 N–H and O–H groups in total. The molecule has 0 aliphatic carbocycles. The van der Waals surface area contributed by atoms with E-state index < -0.39 is 0 Å². The van der Waals surface area contributed by atoms with Gasteiger partial charge in [-0.2, -0.15) is 0 Å². The first-order valence-corrected chi connectivity index (χ1v) is 7.50. The highest BCUT2D eigenvalue weighted by atomic mass is 16.5. The van der Waals surface area contributed by atoms with E-state index in [1.54, 1.807) is 11.9 Å². The smallest absolute Gasteiger partial charge is 0.230 e. The summed E-state index contributed by atoms with van der Waals surface area (Å²) in [5.74, 6) is 0.583. The molecule has 0 saturated carbocycles. The number of fused-ring (bicyclic) bond motifs is 1. The maximum atomic E-state index is 12.1. The minimum absolute atomic E-state index is 0.00892. The summed E-state index contributed by atoms with van der Waals surface area (Å²) >= 11 is 0. The van der Waals surface area contributed by atoms with Gasteiger partial charge in [0.05, 0.1) is 25.1 Å². The van der Waals surface area contributed by atoms with Crippen LogP contribution in [0.2, 0.25) is 0 Å². The van der Waals surface area contributed by atoms with Crippen LogP contribution in [-0.4, -0.2) is 25.5 Å². The van der Waals surface area contributed by atoms with Gasteiger partial charge in [-0.3, -0.25) is 9.59 Å². The van der Waals surface area contributed by atoms with Crippen LogP contribution in [0.4, 0.5) is 11.4 Å². The highest BCUT2D eigenvalue weighted by molar-refractivity contribution is 5.96. The van der Waals surface area contributed by atoms with Crippen LogP contribution in [0.1, 0.15) is 12.0 Å². The van der Waals surface area contributed by atoms with Gasteiger partial charge in [-0.05, 0) is 29.8 Å². The Labute approximate surface area is 134 Å². The molecule has 0 fully saturated rings. The Hall–Kier alpha value is -2.82. The van der Waals surface area contributed by atoms with Gasteiger partial charge >= 0.3 is 0 Å². The van der Waals surface area contributed by atoms with E-state index in [2.05, 4.69) is 5.32 Å². The molecule has 5 nitrogen and oxygen atoms in total. The van der Waals surface area contributed by atoms with Crippen LogP contribution >= 0.6 is 0 Å². The van der Waals surface area contributed by atoms with Gasteiger partial charge < -0.3 is 15.0 Å². The van der Waals surface area contributed by atoms with Gasteiger partial charge in [0.2, 0.25) is 11.8 Å². The van der Waals surface area contributed by atoms with E-state index in [9.17, 15) is 9.59 Å². The fraction of sp³-hybridized carbons (Fsp3) is 0.222. The Bertz CT molecular complexity index is 728. The average Bonchev–Trinajstić information content (AvgIpc) is 2.68. The molecule has 0 unspecified atom stereocenters. The summed E-state index contributed by atoms with van der Waals surface area (Å²) in [6, 6.07) is 14.8. The van der Waals surface area contributed by atoms with Gasteiger partial charge in [0.1, 0.15) is 5.75 Å². The molecule has 23 heavy (non-hydrogen) atoms. The van der Waals surface area contributed by atoms with Crippen molar-refractivity contribution in [3.63, 3.8) is 0 Å². The number of nitrogens with zero attached hydrogens (tertiary/aromatic N) is 1. The quantitative estimate of drug-likeness (QED) is 0.948. The number of amides is 2. The summed E-state index contributed by atoms with van der Waals surface area (Å²) in [5.41, 5.74) is 2.31. The average molecular weight is 310 g/mol. The summed E-state index contributed by atoms with van der Waals surface area (Å²) in [6.07, 6.45) is 0.596. The molecule has 0 aromatic heterocycles. The number of ether oxygens (including phenoxy) is 1. The molecule has 118 valence electrons. The molecule has 2 aromatic carbocycles. The van der Waals surface area contributed by atoms with Gasteiger partial charge in [0.15, 0.2) is 0 Å². The standard InChI is InChI=1S/C18H18N2O3/c1-20-15-11-13(7-8-16(15)23-10-9-18(20)22)12-17(21)19-14-5-3-2-4-6-14/h2-8,11H,9-10,12H2,1H3,(H,19,21). The third kappa shape index (κ3) is 3.51. The summed E-state index contributed by atoms with van der Waals surface area (Å²) in [6.45, 7) is 0.379. The number of hydrogen-bond acceptors (Lipinski definition) is 3. The van der Waals surface area contributed by atoms with Crippen LogP contribution in [0.25, 0.3) is 0 Å². The van der Waals surface area contributed by atoms with E-state index in [0.717, 1.165) is 11.3 Å². The van der Waals surface area contributed by atoms with Crippen molar-refractivity contribution in [1.82, 2.24) is 0 Å². The lowest BCUT2D eigenvalue weighted by molar-refractivity contribution is -0.118. The molecule has 1 aliphatic heterocycles. The summed E-state index contributed by atoms with van der Waals surface area (Å²) in [4.78, 5) is 25.6. The number of nitrogens with one attached hydrogen (secondary N) is 1. The van der Waals surface area contributed by atoms with E-state index in [-0.39, 0.29) is 18.2 Å². The molecular formula is C18H18N2O3. The lowest BCUT2D eigenvalue weighted by Gasteiger charge is -2.17. The lowest BCUT2D eigenvalue weighted by Crippen LogP contribution is -2.25. The van der Waals surface area contributed by atoms with Crippen molar-refractivity contribution in [3.05, 3.63) is 54.1 Å². The van der Waals surface area contributed by atoms with Crippen molar-refractivity contribution in [2.45, 2.75) is 12.8 Å². The first-order valence-electron chi connectivity index (χ1n) is 7.50. The number of carbonyl (C=O) groups excluding carboxylic acids is 2. The molecule has 0 atom stereocenters. The van der Waals surface area contributed by atoms with E-state index in [1.165, 1.54) is 0 Å². The predicted molar refractivity (Wildman–Crippen MR) is 88.7 cm³/mol. The number of carbonyl (C=O) groups is 2. The number of rotatable bonds is 3. The molecule has 5 heteroatoms. The van der Waals surface area contributed by atoms with Crippen LogP contribution < -0.4 is 15.0 Å².